The van der Waals surface area contributed by atoms with E-state index in [-0.39, 0.29) is 11.8 Å². The van der Waals surface area contributed by atoms with E-state index >= 15 is 0 Å². The summed E-state index contributed by atoms with van der Waals surface area (Å²) in [5, 5.41) is 11.7. The number of hydrogen-bond donors (Lipinski definition) is 3. The van der Waals surface area contributed by atoms with Crippen molar-refractivity contribution in [3.05, 3.63) is 42.4 Å². The second kappa shape index (κ2) is 8.67. The molecule has 0 spiro atoms. The number of aromatic amines is 1. The minimum Gasteiger partial charge on any atom is -0.477 e. The molecule has 3 N–H and O–H groups in total. The number of nitrogens with zero attached hydrogens (tertiary/aromatic N) is 4. The molecule has 5 rings (SSSR count). The molecular formula is C24H27N7O2. The number of fused-ring (bicyclic) bond motifs is 1. The summed E-state index contributed by atoms with van der Waals surface area (Å²) in [5.74, 6) is 1.20. The molecule has 0 aliphatic heterocycles. The van der Waals surface area contributed by atoms with E-state index in [9.17, 15) is 4.79 Å². The molecule has 1 aliphatic rings. The van der Waals surface area contributed by atoms with Crippen molar-refractivity contribution in [2.45, 2.75) is 26.3 Å². The lowest BCUT2D eigenvalue weighted by atomic mass is 10.1. The Hall–Kier alpha value is -3.72. The van der Waals surface area contributed by atoms with E-state index in [4.69, 9.17) is 4.74 Å². The van der Waals surface area contributed by atoms with Crippen LogP contribution in [0.1, 0.15) is 25.3 Å². The summed E-state index contributed by atoms with van der Waals surface area (Å²) in [5.41, 5.74) is 5.21. The number of carbonyl (C=O) groups excluding carboxylic acids is 1. The van der Waals surface area contributed by atoms with Gasteiger partial charge in [0.2, 0.25) is 11.8 Å². The predicted octanol–water partition coefficient (Wildman–Crippen LogP) is 3.49. The van der Waals surface area contributed by atoms with E-state index in [1.165, 1.54) is 0 Å². The van der Waals surface area contributed by atoms with Crippen molar-refractivity contribution in [1.29, 1.82) is 0 Å². The van der Waals surface area contributed by atoms with Crippen molar-refractivity contribution >= 4 is 22.6 Å². The van der Waals surface area contributed by atoms with Gasteiger partial charge in [0.15, 0.2) is 5.82 Å². The van der Waals surface area contributed by atoms with Crippen LogP contribution in [-0.4, -0.2) is 44.3 Å². The van der Waals surface area contributed by atoms with Gasteiger partial charge in [0.05, 0.1) is 29.1 Å². The Kier molecular flexibility index (Phi) is 5.55. The third-order valence-electron chi connectivity index (χ3n) is 5.74. The third-order valence-corrected chi connectivity index (χ3v) is 5.74. The number of H-pyrrole nitrogens is 1. The van der Waals surface area contributed by atoms with Crippen LogP contribution >= 0.6 is 0 Å². The van der Waals surface area contributed by atoms with E-state index < -0.39 is 0 Å². The Labute approximate surface area is 191 Å². The smallest absolute Gasteiger partial charge is 0.228 e. The summed E-state index contributed by atoms with van der Waals surface area (Å²) in [6.07, 6.45) is 7.36. The molecule has 0 saturated heterocycles. The van der Waals surface area contributed by atoms with E-state index in [0.29, 0.717) is 24.8 Å². The highest BCUT2D eigenvalue weighted by Crippen LogP contribution is 2.36. The van der Waals surface area contributed by atoms with Gasteiger partial charge in [0.25, 0.3) is 0 Å². The molecule has 1 aliphatic carbocycles. The molecule has 4 aromatic rings. The zero-order valence-corrected chi connectivity index (χ0v) is 19.0. The van der Waals surface area contributed by atoms with Gasteiger partial charge in [-0.15, -0.1) is 0 Å². The van der Waals surface area contributed by atoms with Gasteiger partial charge >= 0.3 is 0 Å². The topological polar surface area (TPSA) is 110 Å². The number of aromatic nitrogens is 5. The second-order valence-corrected chi connectivity index (χ2v) is 8.28. The predicted molar refractivity (Wildman–Crippen MR) is 127 cm³/mol. The molecule has 0 aromatic carbocycles. The first kappa shape index (κ1) is 21.1. The fourth-order valence-corrected chi connectivity index (χ4v) is 3.91. The molecular weight excluding hydrogens is 418 g/mol. The zero-order chi connectivity index (χ0) is 22.9. The summed E-state index contributed by atoms with van der Waals surface area (Å²) >= 11 is 0. The van der Waals surface area contributed by atoms with Crippen LogP contribution in [0.5, 0.6) is 5.88 Å². The molecule has 1 saturated carbocycles. The standard InChI is InChI=1S/C24H27N7O2/c1-4-33-24-18(9-15(12-27-24)19-7-8-31(3)30-19)20-10-17-16(11-25-2)13-26-22(21(17)28-20)29-23(32)14-5-6-14/h7-10,12-14,25,28H,4-6,11H2,1-3H3,(H,26,29,32). The van der Waals surface area contributed by atoms with Crippen molar-refractivity contribution in [2.75, 3.05) is 19.0 Å². The lowest BCUT2D eigenvalue weighted by Gasteiger charge is -2.09. The van der Waals surface area contributed by atoms with Crippen LogP contribution in [-0.2, 0) is 18.4 Å². The summed E-state index contributed by atoms with van der Waals surface area (Å²) in [6.45, 7) is 3.09. The maximum Gasteiger partial charge on any atom is 0.228 e. The molecule has 4 aromatic heterocycles. The summed E-state index contributed by atoms with van der Waals surface area (Å²) in [4.78, 5) is 25.0. The number of hydrogen-bond acceptors (Lipinski definition) is 6. The molecule has 9 heteroatoms. The van der Waals surface area contributed by atoms with Crippen molar-refractivity contribution in [2.24, 2.45) is 13.0 Å². The van der Waals surface area contributed by atoms with Crippen molar-refractivity contribution in [3.8, 4) is 28.4 Å². The number of carbonyl (C=O) groups is 1. The fraction of sp³-hybridized carbons (Fsp3) is 0.333. The number of anilines is 1. The van der Waals surface area contributed by atoms with Gasteiger partial charge < -0.3 is 20.4 Å². The van der Waals surface area contributed by atoms with Gasteiger partial charge in [-0.2, -0.15) is 5.10 Å². The largest absolute Gasteiger partial charge is 0.477 e. The summed E-state index contributed by atoms with van der Waals surface area (Å²) in [6, 6.07) is 6.05. The maximum absolute atomic E-state index is 12.4. The number of aryl methyl sites for hydroxylation is 1. The molecule has 33 heavy (non-hydrogen) atoms. The van der Waals surface area contributed by atoms with Crippen LogP contribution in [0.15, 0.2) is 36.8 Å². The van der Waals surface area contributed by atoms with Gasteiger partial charge in [-0.3, -0.25) is 9.48 Å². The molecule has 170 valence electrons. The molecule has 4 heterocycles. The molecule has 1 amide bonds. The zero-order valence-electron chi connectivity index (χ0n) is 19.0. The summed E-state index contributed by atoms with van der Waals surface area (Å²) in [7, 11) is 3.79. The first-order chi connectivity index (χ1) is 16.1. The highest BCUT2D eigenvalue weighted by Gasteiger charge is 2.30. The molecule has 0 atom stereocenters. The molecule has 0 unspecified atom stereocenters. The first-order valence-corrected chi connectivity index (χ1v) is 11.2. The average molecular weight is 446 g/mol. The molecule has 9 nitrogen and oxygen atoms in total. The van der Waals surface area contributed by atoms with E-state index in [1.807, 2.05) is 45.5 Å². The minimum absolute atomic E-state index is 0.0233. The quantitative estimate of drug-likeness (QED) is 0.383. The highest BCUT2D eigenvalue weighted by atomic mass is 16.5. The molecule has 0 radical (unpaired) electrons. The van der Waals surface area contributed by atoms with Gasteiger partial charge in [-0.25, -0.2) is 9.97 Å². The van der Waals surface area contributed by atoms with Crippen LogP contribution in [0.3, 0.4) is 0 Å². The van der Waals surface area contributed by atoms with E-state index in [2.05, 4.69) is 36.8 Å². The van der Waals surface area contributed by atoms with Crippen LogP contribution in [0, 0.1) is 5.92 Å². The SMILES string of the molecule is CCOc1ncc(-c2ccn(C)n2)cc1-c1cc2c(CNC)cnc(NC(=O)C3CC3)c2[nH]1. The first-order valence-electron chi connectivity index (χ1n) is 11.2. The van der Waals surface area contributed by atoms with E-state index in [0.717, 1.165) is 51.8 Å². The van der Waals surface area contributed by atoms with Crippen LogP contribution in [0.25, 0.3) is 33.4 Å². The Balaban J connectivity index is 1.63. The van der Waals surface area contributed by atoms with Crippen molar-refractivity contribution in [3.63, 3.8) is 0 Å². The molecule has 0 bridgehead atoms. The van der Waals surface area contributed by atoms with Gasteiger partial charge in [-0.1, -0.05) is 0 Å². The lowest BCUT2D eigenvalue weighted by Crippen LogP contribution is -2.15. The van der Waals surface area contributed by atoms with E-state index in [1.54, 1.807) is 10.9 Å². The Morgan fingerprint density at radius 3 is 2.82 bits per heavy atom. The van der Waals surface area contributed by atoms with Gasteiger partial charge in [0, 0.05) is 49.1 Å². The van der Waals surface area contributed by atoms with Crippen molar-refractivity contribution in [1.82, 2.24) is 30.0 Å². The van der Waals surface area contributed by atoms with Gasteiger partial charge in [0.1, 0.15) is 0 Å². The van der Waals surface area contributed by atoms with Crippen LogP contribution in [0.2, 0.25) is 0 Å². The third kappa shape index (κ3) is 4.19. The van der Waals surface area contributed by atoms with Gasteiger partial charge in [-0.05, 0) is 50.6 Å². The Bertz CT molecular complexity index is 1320. The van der Waals surface area contributed by atoms with Crippen molar-refractivity contribution < 1.29 is 9.53 Å². The minimum atomic E-state index is 0.0233. The second-order valence-electron chi connectivity index (χ2n) is 8.28. The normalized spacial score (nSPS) is 13.4. The summed E-state index contributed by atoms with van der Waals surface area (Å²) < 4.78 is 7.60. The van der Waals surface area contributed by atoms with Crippen LogP contribution in [0.4, 0.5) is 5.82 Å². The fourth-order valence-electron chi connectivity index (χ4n) is 3.91. The number of pyridine rings is 2. The highest BCUT2D eigenvalue weighted by molar-refractivity contribution is 6.03. The Morgan fingerprint density at radius 1 is 1.27 bits per heavy atom. The number of ether oxygens (including phenoxy) is 1. The lowest BCUT2D eigenvalue weighted by molar-refractivity contribution is -0.117. The van der Waals surface area contributed by atoms with Crippen LogP contribution < -0.4 is 15.4 Å². The number of nitrogens with one attached hydrogen (secondary N) is 3. The molecule has 1 fully saturated rings. The number of amides is 1. The maximum atomic E-state index is 12.4. The average Bonchev–Trinajstić information content (AvgIpc) is 3.42. The monoisotopic (exact) mass is 445 g/mol. The Morgan fingerprint density at radius 2 is 2.12 bits per heavy atom. The number of rotatable bonds is 8.